The Morgan fingerprint density at radius 1 is 1.42 bits per heavy atom. The van der Waals surface area contributed by atoms with Gasteiger partial charge in [0.25, 0.3) is 0 Å². The van der Waals surface area contributed by atoms with E-state index < -0.39 is 11.8 Å². The number of aromatic nitrogens is 2. The van der Waals surface area contributed by atoms with Crippen molar-refractivity contribution in [3.8, 4) is 17.0 Å². The van der Waals surface area contributed by atoms with Crippen molar-refractivity contribution in [3.63, 3.8) is 0 Å². The van der Waals surface area contributed by atoms with E-state index in [9.17, 15) is 9.18 Å². The fourth-order valence-electron chi connectivity index (χ4n) is 1.98. The number of carboxylic acid groups (broad SMARTS) is 1. The first-order valence-corrected chi connectivity index (χ1v) is 5.56. The minimum absolute atomic E-state index is 0.0774. The quantitative estimate of drug-likeness (QED) is 0.923. The standard InChI is InChI=1S/C13H13FN2O3/c1-7-4-8(5-9(14)12(7)19-3)11-6-10(13(17)18)15-16(11)2/h4-6H,1-3H3,(H,17,18). The lowest BCUT2D eigenvalue weighted by Gasteiger charge is -2.09. The predicted octanol–water partition coefficient (Wildman–Crippen LogP) is 2.24. The van der Waals surface area contributed by atoms with Crippen LogP contribution in [0.3, 0.4) is 0 Å². The van der Waals surface area contributed by atoms with Crippen molar-refractivity contribution >= 4 is 5.97 Å². The molecule has 2 rings (SSSR count). The maximum atomic E-state index is 13.8. The Labute approximate surface area is 109 Å². The van der Waals surface area contributed by atoms with E-state index in [2.05, 4.69) is 5.10 Å². The van der Waals surface area contributed by atoms with Gasteiger partial charge in [-0.3, -0.25) is 4.68 Å². The Morgan fingerprint density at radius 3 is 2.58 bits per heavy atom. The van der Waals surface area contributed by atoms with Crippen LogP contribution in [0.4, 0.5) is 4.39 Å². The molecule has 0 amide bonds. The number of hydrogen-bond donors (Lipinski definition) is 1. The fraction of sp³-hybridized carbons (Fsp3) is 0.231. The lowest BCUT2D eigenvalue weighted by molar-refractivity contribution is 0.0689. The van der Waals surface area contributed by atoms with Gasteiger partial charge in [-0.25, -0.2) is 9.18 Å². The zero-order valence-corrected chi connectivity index (χ0v) is 10.8. The molecule has 0 atom stereocenters. The second-order valence-electron chi connectivity index (χ2n) is 4.15. The van der Waals surface area contributed by atoms with Gasteiger partial charge < -0.3 is 9.84 Å². The second kappa shape index (κ2) is 4.72. The molecule has 1 heterocycles. The van der Waals surface area contributed by atoms with E-state index in [0.29, 0.717) is 16.8 Å². The molecule has 0 saturated carbocycles. The predicted molar refractivity (Wildman–Crippen MR) is 66.9 cm³/mol. The molecular weight excluding hydrogens is 251 g/mol. The first-order chi connectivity index (χ1) is 8.93. The highest BCUT2D eigenvalue weighted by Gasteiger charge is 2.15. The highest BCUT2D eigenvalue weighted by molar-refractivity contribution is 5.87. The summed E-state index contributed by atoms with van der Waals surface area (Å²) in [5.74, 6) is -1.42. The number of benzene rings is 1. The Kier molecular flexibility index (Phi) is 3.25. The number of aromatic carboxylic acids is 1. The molecule has 0 aliphatic rings. The molecule has 0 unspecified atom stereocenters. The number of aryl methyl sites for hydroxylation is 2. The lowest BCUT2D eigenvalue weighted by atomic mass is 10.1. The molecule has 1 aromatic heterocycles. The van der Waals surface area contributed by atoms with E-state index >= 15 is 0 Å². The lowest BCUT2D eigenvalue weighted by Crippen LogP contribution is -1.99. The molecule has 0 aliphatic carbocycles. The maximum absolute atomic E-state index is 13.8. The van der Waals surface area contributed by atoms with Crippen LogP contribution in [0.2, 0.25) is 0 Å². The average molecular weight is 264 g/mol. The van der Waals surface area contributed by atoms with Crippen molar-refractivity contribution in [2.45, 2.75) is 6.92 Å². The van der Waals surface area contributed by atoms with Crippen molar-refractivity contribution in [2.24, 2.45) is 7.05 Å². The molecule has 5 nitrogen and oxygen atoms in total. The van der Waals surface area contributed by atoms with Gasteiger partial charge in [0.2, 0.25) is 0 Å². The largest absolute Gasteiger partial charge is 0.493 e. The van der Waals surface area contributed by atoms with Gasteiger partial charge in [-0.2, -0.15) is 5.10 Å². The number of hydrogen-bond acceptors (Lipinski definition) is 3. The Hall–Kier alpha value is -2.37. The number of ether oxygens (including phenoxy) is 1. The molecule has 1 N–H and O–H groups in total. The summed E-state index contributed by atoms with van der Waals surface area (Å²) in [4.78, 5) is 10.9. The Balaban J connectivity index is 2.56. The summed E-state index contributed by atoms with van der Waals surface area (Å²) in [6.45, 7) is 1.72. The summed E-state index contributed by atoms with van der Waals surface area (Å²) in [6.07, 6.45) is 0. The van der Waals surface area contributed by atoms with Crippen LogP contribution in [0.25, 0.3) is 11.3 Å². The van der Waals surface area contributed by atoms with Crippen LogP contribution in [0, 0.1) is 12.7 Å². The van der Waals surface area contributed by atoms with Gasteiger partial charge in [0.15, 0.2) is 17.3 Å². The summed E-state index contributed by atoms with van der Waals surface area (Å²) in [5, 5.41) is 12.7. The minimum atomic E-state index is -1.12. The van der Waals surface area contributed by atoms with Gasteiger partial charge in [-0.15, -0.1) is 0 Å². The van der Waals surface area contributed by atoms with Crippen LogP contribution in [0.15, 0.2) is 18.2 Å². The number of rotatable bonds is 3. The Bertz CT molecular complexity index is 626. The normalized spacial score (nSPS) is 10.5. The van der Waals surface area contributed by atoms with E-state index in [0.717, 1.165) is 0 Å². The van der Waals surface area contributed by atoms with Crippen molar-refractivity contribution in [1.29, 1.82) is 0 Å². The van der Waals surface area contributed by atoms with Crippen molar-refractivity contribution in [2.75, 3.05) is 7.11 Å². The molecule has 100 valence electrons. The van der Waals surface area contributed by atoms with E-state index in [1.54, 1.807) is 20.0 Å². The van der Waals surface area contributed by atoms with Crippen molar-refractivity contribution in [3.05, 3.63) is 35.3 Å². The van der Waals surface area contributed by atoms with Crippen molar-refractivity contribution in [1.82, 2.24) is 9.78 Å². The molecule has 0 fully saturated rings. The zero-order chi connectivity index (χ0) is 14.2. The number of nitrogens with zero attached hydrogens (tertiary/aromatic N) is 2. The molecule has 0 bridgehead atoms. The molecule has 19 heavy (non-hydrogen) atoms. The third kappa shape index (κ3) is 2.29. The van der Waals surface area contributed by atoms with Gasteiger partial charge in [-0.1, -0.05) is 0 Å². The maximum Gasteiger partial charge on any atom is 0.356 e. The summed E-state index contributed by atoms with van der Waals surface area (Å²) >= 11 is 0. The van der Waals surface area contributed by atoms with Crippen LogP contribution >= 0.6 is 0 Å². The Morgan fingerprint density at radius 2 is 2.11 bits per heavy atom. The molecule has 0 radical (unpaired) electrons. The summed E-state index contributed by atoms with van der Waals surface area (Å²) < 4.78 is 20.2. The van der Waals surface area contributed by atoms with Gasteiger partial charge in [0.1, 0.15) is 0 Å². The zero-order valence-electron chi connectivity index (χ0n) is 10.8. The molecule has 1 aromatic carbocycles. The van der Waals surface area contributed by atoms with E-state index in [1.807, 2.05) is 0 Å². The van der Waals surface area contributed by atoms with E-state index in [-0.39, 0.29) is 11.4 Å². The average Bonchev–Trinajstić information content (AvgIpc) is 2.71. The molecule has 6 heteroatoms. The van der Waals surface area contributed by atoms with Gasteiger partial charge in [0, 0.05) is 12.6 Å². The highest BCUT2D eigenvalue weighted by Crippen LogP contribution is 2.29. The number of carbonyl (C=O) groups is 1. The van der Waals surface area contributed by atoms with Gasteiger partial charge in [0.05, 0.1) is 12.8 Å². The monoisotopic (exact) mass is 264 g/mol. The SMILES string of the molecule is COc1c(C)cc(-c2cc(C(=O)O)nn2C)cc1F. The third-order valence-corrected chi connectivity index (χ3v) is 2.83. The molecule has 0 aliphatic heterocycles. The van der Waals surface area contributed by atoms with Crippen LogP contribution in [0.1, 0.15) is 16.1 Å². The first-order valence-electron chi connectivity index (χ1n) is 5.56. The first kappa shape index (κ1) is 13.1. The third-order valence-electron chi connectivity index (χ3n) is 2.83. The summed E-state index contributed by atoms with van der Waals surface area (Å²) in [6, 6.07) is 4.43. The molecule has 0 saturated heterocycles. The summed E-state index contributed by atoms with van der Waals surface area (Å²) in [7, 11) is 3.01. The number of methoxy groups -OCH3 is 1. The smallest absolute Gasteiger partial charge is 0.356 e. The number of halogens is 1. The van der Waals surface area contributed by atoms with Crippen LogP contribution in [-0.4, -0.2) is 28.0 Å². The fourth-order valence-corrected chi connectivity index (χ4v) is 1.98. The molecule has 2 aromatic rings. The minimum Gasteiger partial charge on any atom is -0.493 e. The molecule has 0 spiro atoms. The van der Waals surface area contributed by atoms with Gasteiger partial charge >= 0.3 is 5.97 Å². The van der Waals surface area contributed by atoms with E-state index in [4.69, 9.17) is 9.84 Å². The van der Waals surface area contributed by atoms with Crippen LogP contribution in [0.5, 0.6) is 5.75 Å². The second-order valence-corrected chi connectivity index (χ2v) is 4.15. The van der Waals surface area contributed by atoms with Gasteiger partial charge in [-0.05, 0) is 30.7 Å². The highest BCUT2D eigenvalue weighted by atomic mass is 19.1. The topological polar surface area (TPSA) is 64.3 Å². The molecular formula is C13H13FN2O3. The van der Waals surface area contributed by atoms with Crippen LogP contribution in [-0.2, 0) is 7.05 Å². The van der Waals surface area contributed by atoms with Crippen LogP contribution < -0.4 is 4.74 Å². The summed E-state index contributed by atoms with van der Waals surface area (Å²) in [5.41, 5.74) is 1.64. The van der Waals surface area contributed by atoms with Crippen molar-refractivity contribution < 1.29 is 19.0 Å². The van der Waals surface area contributed by atoms with E-state index in [1.165, 1.54) is 23.9 Å². The number of carboxylic acids is 1.